The molecule has 3 N–H and O–H groups in total. The van der Waals surface area contributed by atoms with Gasteiger partial charge in [0.15, 0.2) is 0 Å². The molecule has 72 valence electrons. The smallest absolute Gasteiger partial charge is 0.120 e. The van der Waals surface area contributed by atoms with E-state index < -0.39 is 0 Å². The van der Waals surface area contributed by atoms with Crippen molar-refractivity contribution >= 4 is 0 Å². The highest BCUT2D eigenvalue weighted by Gasteiger charge is 2.24. The molecule has 0 aromatic carbocycles. The van der Waals surface area contributed by atoms with E-state index in [4.69, 9.17) is 5.73 Å². The third-order valence-electron chi connectivity index (χ3n) is 2.83. The number of aromatic nitrogens is 2. The van der Waals surface area contributed by atoms with Crippen LogP contribution in [0.15, 0.2) is 0 Å². The SMILES string of the molecule is CC1Cc2[nH]c(CN)nc2C(C)C1. The predicted molar refractivity (Wildman–Crippen MR) is 52.4 cm³/mol. The maximum absolute atomic E-state index is 5.55. The van der Waals surface area contributed by atoms with E-state index in [0.717, 1.165) is 18.2 Å². The van der Waals surface area contributed by atoms with Gasteiger partial charge in [-0.25, -0.2) is 4.98 Å². The van der Waals surface area contributed by atoms with Crippen molar-refractivity contribution in [2.45, 2.75) is 39.2 Å². The summed E-state index contributed by atoms with van der Waals surface area (Å²) in [4.78, 5) is 7.81. The lowest BCUT2D eigenvalue weighted by molar-refractivity contribution is 0.440. The molecule has 0 radical (unpaired) electrons. The van der Waals surface area contributed by atoms with Gasteiger partial charge in [0.25, 0.3) is 0 Å². The molecule has 1 heterocycles. The second-order valence-electron chi connectivity index (χ2n) is 4.20. The third-order valence-corrected chi connectivity index (χ3v) is 2.83. The third kappa shape index (κ3) is 1.48. The number of hydrogen-bond donors (Lipinski definition) is 2. The van der Waals surface area contributed by atoms with Gasteiger partial charge in [-0.15, -0.1) is 0 Å². The highest BCUT2D eigenvalue weighted by atomic mass is 15.0. The molecular formula is C10H17N3. The molecular weight excluding hydrogens is 162 g/mol. The fourth-order valence-corrected chi connectivity index (χ4v) is 2.29. The van der Waals surface area contributed by atoms with Crippen LogP contribution in [0.4, 0.5) is 0 Å². The molecule has 0 bridgehead atoms. The van der Waals surface area contributed by atoms with Crippen molar-refractivity contribution in [3.05, 3.63) is 17.2 Å². The molecule has 1 aromatic heterocycles. The lowest BCUT2D eigenvalue weighted by Gasteiger charge is -2.22. The van der Waals surface area contributed by atoms with Gasteiger partial charge in [-0.3, -0.25) is 0 Å². The standard InChI is InChI=1S/C10H17N3/c1-6-3-7(2)10-8(4-6)12-9(5-11)13-10/h6-7H,3-5,11H2,1-2H3,(H,12,13). The summed E-state index contributed by atoms with van der Waals surface area (Å²) in [6.45, 7) is 5.06. The number of imidazole rings is 1. The Hall–Kier alpha value is -0.830. The molecule has 2 atom stereocenters. The summed E-state index contributed by atoms with van der Waals surface area (Å²) in [5.41, 5.74) is 8.11. The molecule has 0 fully saturated rings. The Morgan fingerprint density at radius 2 is 2.31 bits per heavy atom. The number of aromatic amines is 1. The molecule has 1 aliphatic rings. The number of hydrogen-bond acceptors (Lipinski definition) is 2. The van der Waals surface area contributed by atoms with Gasteiger partial charge in [-0.05, 0) is 18.8 Å². The van der Waals surface area contributed by atoms with Gasteiger partial charge in [0.05, 0.1) is 12.2 Å². The lowest BCUT2D eigenvalue weighted by atomic mass is 9.84. The number of fused-ring (bicyclic) bond motifs is 1. The minimum absolute atomic E-state index is 0.522. The van der Waals surface area contributed by atoms with Crippen LogP contribution in [0.1, 0.15) is 43.4 Å². The zero-order chi connectivity index (χ0) is 9.42. The molecule has 0 saturated heterocycles. The summed E-state index contributed by atoms with van der Waals surface area (Å²) in [5, 5.41) is 0. The number of rotatable bonds is 1. The molecule has 13 heavy (non-hydrogen) atoms. The summed E-state index contributed by atoms with van der Waals surface area (Å²) in [6, 6.07) is 0. The topological polar surface area (TPSA) is 54.7 Å². The first-order valence-corrected chi connectivity index (χ1v) is 4.98. The summed E-state index contributed by atoms with van der Waals surface area (Å²) < 4.78 is 0. The zero-order valence-corrected chi connectivity index (χ0v) is 8.30. The molecule has 0 aliphatic heterocycles. The summed E-state index contributed by atoms with van der Waals surface area (Å²) in [5.74, 6) is 2.30. The van der Waals surface area contributed by atoms with E-state index in [1.165, 1.54) is 17.8 Å². The van der Waals surface area contributed by atoms with E-state index >= 15 is 0 Å². The second kappa shape index (κ2) is 3.14. The van der Waals surface area contributed by atoms with Crippen LogP contribution in [0.2, 0.25) is 0 Å². The normalized spacial score (nSPS) is 27.3. The van der Waals surface area contributed by atoms with Crippen molar-refractivity contribution in [3.8, 4) is 0 Å². The van der Waals surface area contributed by atoms with Crippen LogP contribution in [0.3, 0.4) is 0 Å². The molecule has 0 saturated carbocycles. The van der Waals surface area contributed by atoms with Gasteiger partial charge in [0.1, 0.15) is 5.82 Å². The first-order valence-electron chi connectivity index (χ1n) is 4.98. The lowest BCUT2D eigenvalue weighted by Crippen LogP contribution is -2.14. The Labute approximate surface area is 78.7 Å². The first-order chi connectivity index (χ1) is 6.20. The van der Waals surface area contributed by atoms with E-state index in [1.54, 1.807) is 0 Å². The van der Waals surface area contributed by atoms with Crippen molar-refractivity contribution in [2.75, 3.05) is 0 Å². The van der Waals surface area contributed by atoms with Crippen LogP contribution in [0.5, 0.6) is 0 Å². The molecule has 0 spiro atoms. The highest BCUT2D eigenvalue weighted by Crippen LogP contribution is 2.32. The Kier molecular flexibility index (Phi) is 2.12. The molecule has 2 rings (SSSR count). The van der Waals surface area contributed by atoms with Gasteiger partial charge >= 0.3 is 0 Å². The Morgan fingerprint density at radius 3 is 3.00 bits per heavy atom. The number of nitrogens with zero attached hydrogens (tertiary/aromatic N) is 1. The van der Waals surface area contributed by atoms with Gasteiger partial charge in [-0.1, -0.05) is 13.8 Å². The van der Waals surface area contributed by atoms with Crippen molar-refractivity contribution in [1.29, 1.82) is 0 Å². The quantitative estimate of drug-likeness (QED) is 0.687. The van der Waals surface area contributed by atoms with Gasteiger partial charge in [0, 0.05) is 11.6 Å². The van der Waals surface area contributed by atoms with Crippen LogP contribution in [-0.4, -0.2) is 9.97 Å². The number of nitrogens with two attached hydrogens (primary N) is 1. The van der Waals surface area contributed by atoms with Crippen molar-refractivity contribution in [2.24, 2.45) is 11.7 Å². The van der Waals surface area contributed by atoms with Crippen molar-refractivity contribution in [1.82, 2.24) is 9.97 Å². The molecule has 1 aliphatic carbocycles. The van der Waals surface area contributed by atoms with E-state index in [-0.39, 0.29) is 0 Å². The van der Waals surface area contributed by atoms with Crippen molar-refractivity contribution < 1.29 is 0 Å². The van der Waals surface area contributed by atoms with E-state index in [1.807, 2.05) is 0 Å². The van der Waals surface area contributed by atoms with Crippen LogP contribution in [0, 0.1) is 5.92 Å². The average Bonchev–Trinajstić information content (AvgIpc) is 2.47. The fraction of sp³-hybridized carbons (Fsp3) is 0.700. The first kappa shape index (κ1) is 8.75. The highest BCUT2D eigenvalue weighted by molar-refractivity contribution is 5.22. The van der Waals surface area contributed by atoms with Gasteiger partial charge < -0.3 is 10.7 Å². The van der Waals surface area contributed by atoms with Crippen LogP contribution in [0.25, 0.3) is 0 Å². The van der Waals surface area contributed by atoms with Gasteiger partial charge in [-0.2, -0.15) is 0 Å². The minimum Gasteiger partial charge on any atom is -0.345 e. The van der Waals surface area contributed by atoms with E-state index in [2.05, 4.69) is 23.8 Å². The summed E-state index contributed by atoms with van der Waals surface area (Å²) in [6.07, 6.45) is 2.38. The fourth-order valence-electron chi connectivity index (χ4n) is 2.29. The molecule has 2 unspecified atom stereocenters. The summed E-state index contributed by atoms with van der Waals surface area (Å²) >= 11 is 0. The Morgan fingerprint density at radius 1 is 1.54 bits per heavy atom. The van der Waals surface area contributed by atoms with Crippen molar-refractivity contribution in [3.63, 3.8) is 0 Å². The Bertz CT molecular complexity index is 303. The molecule has 0 amide bonds. The molecule has 1 aromatic rings. The molecule has 3 heteroatoms. The maximum atomic E-state index is 5.55. The number of H-pyrrole nitrogens is 1. The Balaban J connectivity index is 2.35. The van der Waals surface area contributed by atoms with Gasteiger partial charge in [0.2, 0.25) is 0 Å². The summed E-state index contributed by atoms with van der Waals surface area (Å²) in [7, 11) is 0. The monoisotopic (exact) mass is 179 g/mol. The van der Waals surface area contributed by atoms with E-state index in [9.17, 15) is 0 Å². The maximum Gasteiger partial charge on any atom is 0.120 e. The van der Waals surface area contributed by atoms with Crippen LogP contribution in [-0.2, 0) is 13.0 Å². The minimum atomic E-state index is 0.522. The number of nitrogens with one attached hydrogen (secondary N) is 1. The largest absolute Gasteiger partial charge is 0.345 e. The van der Waals surface area contributed by atoms with Crippen LogP contribution >= 0.6 is 0 Å². The zero-order valence-electron chi connectivity index (χ0n) is 8.30. The average molecular weight is 179 g/mol. The second-order valence-corrected chi connectivity index (χ2v) is 4.20. The van der Waals surface area contributed by atoms with Crippen LogP contribution < -0.4 is 5.73 Å². The molecule has 3 nitrogen and oxygen atoms in total. The predicted octanol–water partition coefficient (Wildman–Crippen LogP) is 1.55. The van der Waals surface area contributed by atoms with E-state index in [0.29, 0.717) is 12.5 Å².